The first-order chi connectivity index (χ1) is 11.0. The molecule has 0 bridgehead atoms. The normalized spacial score (nSPS) is 18.4. The molecule has 1 saturated heterocycles. The second-order valence-corrected chi connectivity index (χ2v) is 6.87. The van der Waals surface area contributed by atoms with Crippen LogP contribution in [0.3, 0.4) is 0 Å². The van der Waals surface area contributed by atoms with E-state index in [1.165, 1.54) is 12.8 Å². The van der Waals surface area contributed by atoms with E-state index in [0.29, 0.717) is 5.92 Å². The summed E-state index contributed by atoms with van der Waals surface area (Å²) < 4.78 is 0. The molecule has 0 radical (unpaired) electrons. The second-order valence-electron chi connectivity index (χ2n) is 6.87. The van der Waals surface area contributed by atoms with Gasteiger partial charge in [0, 0.05) is 24.5 Å². The smallest absolute Gasteiger partial charge is 0.252 e. The van der Waals surface area contributed by atoms with Gasteiger partial charge < -0.3 is 10.2 Å². The van der Waals surface area contributed by atoms with Crippen LogP contribution in [0.25, 0.3) is 10.9 Å². The molecule has 122 valence electrons. The number of aromatic nitrogens is 1. The van der Waals surface area contributed by atoms with Crippen LogP contribution in [0.2, 0.25) is 0 Å². The number of piperidine rings is 1. The standard InChI is InChI=1S/C19H25N3O/c1-13(2)20-19(23)16-11-18(22-10-6-7-14(3)12-22)21-17-9-5-4-8-15(16)17/h4-5,8-9,11,13-14H,6-7,10,12H2,1-3H3,(H,20,23). The van der Waals surface area contributed by atoms with Crippen molar-refractivity contribution in [2.75, 3.05) is 18.0 Å². The van der Waals surface area contributed by atoms with Gasteiger partial charge in [0.1, 0.15) is 5.82 Å². The molecule has 1 aliphatic heterocycles. The van der Waals surface area contributed by atoms with Crippen LogP contribution in [0.4, 0.5) is 5.82 Å². The van der Waals surface area contributed by atoms with Crippen molar-refractivity contribution < 1.29 is 4.79 Å². The third kappa shape index (κ3) is 3.46. The highest BCUT2D eigenvalue weighted by Crippen LogP contribution is 2.26. The molecule has 1 aromatic heterocycles. The highest BCUT2D eigenvalue weighted by Gasteiger charge is 2.20. The van der Waals surface area contributed by atoms with Gasteiger partial charge >= 0.3 is 0 Å². The number of hydrogen-bond donors (Lipinski definition) is 1. The van der Waals surface area contributed by atoms with E-state index in [9.17, 15) is 4.79 Å². The van der Waals surface area contributed by atoms with E-state index < -0.39 is 0 Å². The van der Waals surface area contributed by atoms with Crippen molar-refractivity contribution in [2.45, 2.75) is 39.7 Å². The molecule has 1 atom stereocenters. The van der Waals surface area contributed by atoms with Gasteiger partial charge in [-0.25, -0.2) is 4.98 Å². The highest BCUT2D eigenvalue weighted by molar-refractivity contribution is 6.07. The average molecular weight is 311 g/mol. The largest absolute Gasteiger partial charge is 0.356 e. The molecular weight excluding hydrogens is 286 g/mol. The van der Waals surface area contributed by atoms with Crippen LogP contribution in [-0.4, -0.2) is 30.0 Å². The predicted molar refractivity (Wildman–Crippen MR) is 95.0 cm³/mol. The zero-order valence-electron chi connectivity index (χ0n) is 14.2. The number of para-hydroxylation sites is 1. The number of carbonyl (C=O) groups excluding carboxylic acids is 1. The topological polar surface area (TPSA) is 45.2 Å². The van der Waals surface area contributed by atoms with Crippen LogP contribution in [0.5, 0.6) is 0 Å². The van der Waals surface area contributed by atoms with Crippen LogP contribution in [0, 0.1) is 5.92 Å². The number of rotatable bonds is 3. The molecule has 1 unspecified atom stereocenters. The third-order valence-corrected chi connectivity index (χ3v) is 4.35. The first-order valence-corrected chi connectivity index (χ1v) is 8.50. The molecule has 1 fully saturated rings. The third-order valence-electron chi connectivity index (χ3n) is 4.35. The number of fused-ring (bicyclic) bond motifs is 1. The minimum absolute atomic E-state index is 0.0232. The summed E-state index contributed by atoms with van der Waals surface area (Å²) in [6.45, 7) is 8.26. The minimum Gasteiger partial charge on any atom is -0.356 e. The van der Waals surface area contributed by atoms with Gasteiger partial charge in [-0.1, -0.05) is 25.1 Å². The van der Waals surface area contributed by atoms with Gasteiger partial charge in [-0.2, -0.15) is 0 Å². The predicted octanol–water partition coefficient (Wildman–Crippen LogP) is 3.61. The molecular formula is C19H25N3O. The van der Waals surface area contributed by atoms with Gasteiger partial charge in [-0.05, 0) is 44.7 Å². The van der Waals surface area contributed by atoms with E-state index in [2.05, 4.69) is 17.1 Å². The highest BCUT2D eigenvalue weighted by atomic mass is 16.1. The van der Waals surface area contributed by atoms with E-state index in [-0.39, 0.29) is 11.9 Å². The molecule has 23 heavy (non-hydrogen) atoms. The van der Waals surface area contributed by atoms with E-state index in [1.54, 1.807) is 0 Å². The molecule has 0 spiro atoms. The maximum absolute atomic E-state index is 12.6. The fraction of sp³-hybridized carbons (Fsp3) is 0.474. The second kappa shape index (κ2) is 6.57. The van der Waals surface area contributed by atoms with E-state index in [4.69, 9.17) is 4.98 Å². The molecule has 4 nitrogen and oxygen atoms in total. The van der Waals surface area contributed by atoms with Crippen molar-refractivity contribution in [1.82, 2.24) is 10.3 Å². The van der Waals surface area contributed by atoms with Gasteiger partial charge in [0.25, 0.3) is 5.91 Å². The summed E-state index contributed by atoms with van der Waals surface area (Å²) in [6, 6.07) is 9.96. The zero-order valence-corrected chi connectivity index (χ0v) is 14.2. The number of pyridine rings is 1. The maximum Gasteiger partial charge on any atom is 0.252 e. The van der Waals surface area contributed by atoms with Crippen molar-refractivity contribution in [3.8, 4) is 0 Å². The molecule has 1 amide bonds. The molecule has 2 heterocycles. The minimum atomic E-state index is -0.0232. The Morgan fingerprint density at radius 2 is 2.13 bits per heavy atom. The molecule has 2 aromatic rings. The lowest BCUT2D eigenvalue weighted by Crippen LogP contribution is -2.35. The molecule has 1 aromatic carbocycles. The van der Waals surface area contributed by atoms with E-state index >= 15 is 0 Å². The van der Waals surface area contributed by atoms with Gasteiger partial charge in [0.05, 0.1) is 11.1 Å². The number of amides is 1. The number of anilines is 1. The van der Waals surface area contributed by atoms with Crippen molar-refractivity contribution in [1.29, 1.82) is 0 Å². The fourth-order valence-corrected chi connectivity index (χ4v) is 3.25. The van der Waals surface area contributed by atoms with Gasteiger partial charge in [0.2, 0.25) is 0 Å². The molecule has 0 saturated carbocycles. The Kier molecular flexibility index (Phi) is 4.51. The van der Waals surface area contributed by atoms with Gasteiger partial charge in [0.15, 0.2) is 0 Å². The lowest BCUT2D eigenvalue weighted by molar-refractivity contribution is 0.0944. The summed E-state index contributed by atoms with van der Waals surface area (Å²) in [5.74, 6) is 1.57. The van der Waals surface area contributed by atoms with E-state index in [1.807, 2.05) is 44.2 Å². The molecule has 4 heteroatoms. The van der Waals surface area contributed by atoms with Crippen LogP contribution in [0.1, 0.15) is 44.0 Å². The summed E-state index contributed by atoms with van der Waals surface area (Å²) in [4.78, 5) is 19.7. The lowest BCUT2D eigenvalue weighted by Gasteiger charge is -2.32. The Balaban J connectivity index is 2.04. The van der Waals surface area contributed by atoms with Crippen LogP contribution in [-0.2, 0) is 0 Å². The monoisotopic (exact) mass is 311 g/mol. The lowest BCUT2D eigenvalue weighted by atomic mass is 10.00. The summed E-state index contributed by atoms with van der Waals surface area (Å²) in [5, 5.41) is 3.92. The number of hydrogen-bond acceptors (Lipinski definition) is 3. The summed E-state index contributed by atoms with van der Waals surface area (Å²) in [6.07, 6.45) is 2.45. The Morgan fingerprint density at radius 1 is 1.35 bits per heavy atom. The number of carbonyl (C=O) groups is 1. The summed E-state index contributed by atoms with van der Waals surface area (Å²) in [5.41, 5.74) is 1.61. The zero-order chi connectivity index (χ0) is 16.4. The van der Waals surface area contributed by atoms with Crippen molar-refractivity contribution in [2.24, 2.45) is 5.92 Å². The van der Waals surface area contributed by atoms with Crippen molar-refractivity contribution >= 4 is 22.6 Å². The summed E-state index contributed by atoms with van der Waals surface area (Å²) in [7, 11) is 0. The van der Waals surface area contributed by atoms with Crippen molar-refractivity contribution in [3.05, 3.63) is 35.9 Å². The summed E-state index contributed by atoms with van der Waals surface area (Å²) >= 11 is 0. The van der Waals surface area contributed by atoms with Gasteiger partial charge in [-0.15, -0.1) is 0 Å². The SMILES string of the molecule is CC1CCCN(c2cc(C(=O)NC(C)C)c3ccccc3n2)C1. The van der Waals surface area contributed by atoms with Gasteiger partial charge in [-0.3, -0.25) is 4.79 Å². The fourth-order valence-electron chi connectivity index (χ4n) is 3.25. The Bertz CT molecular complexity index is 711. The molecule has 1 N–H and O–H groups in total. The molecule has 0 aliphatic carbocycles. The van der Waals surface area contributed by atoms with Crippen LogP contribution >= 0.6 is 0 Å². The van der Waals surface area contributed by atoms with Crippen LogP contribution < -0.4 is 10.2 Å². The Morgan fingerprint density at radius 3 is 2.87 bits per heavy atom. The van der Waals surface area contributed by atoms with Crippen molar-refractivity contribution in [3.63, 3.8) is 0 Å². The Labute approximate surface area is 137 Å². The molecule has 1 aliphatic rings. The van der Waals surface area contributed by atoms with Crippen LogP contribution in [0.15, 0.2) is 30.3 Å². The first-order valence-electron chi connectivity index (χ1n) is 8.50. The maximum atomic E-state index is 12.6. The number of benzene rings is 1. The Hall–Kier alpha value is -2.10. The molecule has 3 rings (SSSR count). The average Bonchev–Trinajstić information content (AvgIpc) is 2.53. The number of nitrogens with one attached hydrogen (secondary N) is 1. The first kappa shape index (κ1) is 15.8. The number of nitrogens with zero attached hydrogens (tertiary/aromatic N) is 2. The quantitative estimate of drug-likeness (QED) is 0.942. The van der Waals surface area contributed by atoms with E-state index in [0.717, 1.165) is 35.4 Å².